The fourth-order valence-corrected chi connectivity index (χ4v) is 1.19. The van der Waals surface area contributed by atoms with Crippen molar-refractivity contribution in [3.8, 4) is 0 Å². The number of nitrogens with zero attached hydrogens (tertiary/aromatic N) is 1. The molecule has 80 valence electrons. The number of halogens is 1. The van der Waals surface area contributed by atoms with E-state index in [4.69, 9.17) is 0 Å². The highest BCUT2D eigenvalue weighted by Crippen LogP contribution is 2.09. The molecule has 1 rings (SSSR count). The Morgan fingerprint density at radius 2 is 2.27 bits per heavy atom. The van der Waals surface area contributed by atoms with Gasteiger partial charge in [-0.15, -0.1) is 0 Å². The fraction of sp³-hybridized carbons (Fsp3) is 0.222. The smallest absolute Gasteiger partial charge is 0.397 e. The molecule has 0 radical (unpaired) electrons. The van der Waals surface area contributed by atoms with Gasteiger partial charge in [0.15, 0.2) is 0 Å². The third-order valence-electron chi connectivity index (χ3n) is 1.42. The van der Waals surface area contributed by atoms with Crippen LogP contribution < -0.4 is 5.32 Å². The van der Waals surface area contributed by atoms with Crippen LogP contribution in [-0.2, 0) is 14.3 Å². The Kier molecular flexibility index (Phi) is 4.23. The second-order valence-corrected chi connectivity index (χ2v) is 3.33. The van der Waals surface area contributed by atoms with Gasteiger partial charge in [-0.2, -0.15) is 0 Å². The van der Waals surface area contributed by atoms with E-state index in [-0.39, 0.29) is 6.61 Å². The first kappa shape index (κ1) is 11.6. The Balaban J connectivity index is 2.62. The summed E-state index contributed by atoms with van der Waals surface area (Å²) in [6.45, 7) is 1.79. The molecule has 1 N–H and O–H groups in total. The summed E-state index contributed by atoms with van der Waals surface area (Å²) in [6.07, 6.45) is 0. The van der Waals surface area contributed by atoms with Gasteiger partial charge in [0.05, 0.1) is 6.61 Å². The molecule has 0 spiro atoms. The SMILES string of the molecule is CCOC(=O)C(=O)Nc1cccc(Br)n1. The van der Waals surface area contributed by atoms with E-state index < -0.39 is 11.9 Å². The quantitative estimate of drug-likeness (QED) is 0.501. The zero-order valence-corrected chi connectivity index (χ0v) is 9.58. The molecular weight excluding hydrogens is 264 g/mol. The van der Waals surface area contributed by atoms with E-state index in [9.17, 15) is 9.59 Å². The summed E-state index contributed by atoms with van der Waals surface area (Å²) in [4.78, 5) is 26.1. The Hall–Kier alpha value is -1.43. The topological polar surface area (TPSA) is 68.3 Å². The molecule has 5 nitrogen and oxygen atoms in total. The maximum absolute atomic E-state index is 11.2. The number of hydrogen-bond donors (Lipinski definition) is 1. The number of carbonyl (C=O) groups excluding carboxylic acids is 2. The van der Waals surface area contributed by atoms with Crippen LogP contribution in [0.1, 0.15) is 6.92 Å². The van der Waals surface area contributed by atoms with Crippen molar-refractivity contribution in [2.75, 3.05) is 11.9 Å². The van der Waals surface area contributed by atoms with Crippen LogP contribution in [0.15, 0.2) is 22.8 Å². The minimum atomic E-state index is -0.917. The van der Waals surface area contributed by atoms with Gasteiger partial charge in [-0.3, -0.25) is 4.79 Å². The van der Waals surface area contributed by atoms with Gasteiger partial charge in [0.2, 0.25) is 0 Å². The van der Waals surface area contributed by atoms with E-state index >= 15 is 0 Å². The summed E-state index contributed by atoms with van der Waals surface area (Å²) in [7, 11) is 0. The lowest BCUT2D eigenvalue weighted by Gasteiger charge is -2.03. The number of esters is 1. The average Bonchev–Trinajstić information content (AvgIpc) is 2.18. The Bertz CT molecular complexity index is 381. The molecule has 1 aromatic heterocycles. The largest absolute Gasteiger partial charge is 0.459 e. The van der Waals surface area contributed by atoms with Crippen LogP contribution in [0.25, 0.3) is 0 Å². The number of pyridine rings is 1. The first-order valence-electron chi connectivity index (χ1n) is 4.24. The second-order valence-electron chi connectivity index (χ2n) is 2.52. The van der Waals surface area contributed by atoms with Crippen LogP contribution in [-0.4, -0.2) is 23.5 Å². The maximum atomic E-state index is 11.2. The Morgan fingerprint density at radius 1 is 1.53 bits per heavy atom. The van der Waals surface area contributed by atoms with E-state index in [1.54, 1.807) is 25.1 Å². The van der Waals surface area contributed by atoms with Crippen molar-refractivity contribution in [2.45, 2.75) is 6.92 Å². The number of hydrogen-bond acceptors (Lipinski definition) is 4. The molecule has 0 fully saturated rings. The number of anilines is 1. The second kappa shape index (κ2) is 5.45. The van der Waals surface area contributed by atoms with E-state index in [1.165, 1.54) is 0 Å². The predicted octanol–water partition coefficient (Wildman–Crippen LogP) is 1.35. The monoisotopic (exact) mass is 272 g/mol. The summed E-state index contributed by atoms with van der Waals surface area (Å²) in [5.74, 6) is -1.45. The normalized spacial score (nSPS) is 9.47. The Morgan fingerprint density at radius 3 is 2.87 bits per heavy atom. The van der Waals surface area contributed by atoms with Gasteiger partial charge in [0.1, 0.15) is 10.4 Å². The third-order valence-corrected chi connectivity index (χ3v) is 1.86. The van der Waals surface area contributed by atoms with Crippen molar-refractivity contribution >= 4 is 33.6 Å². The van der Waals surface area contributed by atoms with E-state index in [1.807, 2.05) is 0 Å². The number of aromatic nitrogens is 1. The molecule has 0 saturated heterocycles. The number of carbonyl (C=O) groups is 2. The fourth-order valence-electron chi connectivity index (χ4n) is 0.842. The van der Waals surface area contributed by atoms with E-state index in [2.05, 4.69) is 31.0 Å². The highest BCUT2D eigenvalue weighted by Gasteiger charge is 2.14. The lowest BCUT2D eigenvalue weighted by Crippen LogP contribution is -2.25. The van der Waals surface area contributed by atoms with Gasteiger partial charge in [0, 0.05) is 0 Å². The average molecular weight is 273 g/mol. The minimum Gasteiger partial charge on any atom is -0.459 e. The van der Waals surface area contributed by atoms with Crippen molar-refractivity contribution in [3.05, 3.63) is 22.8 Å². The number of nitrogens with one attached hydrogen (secondary N) is 1. The molecule has 15 heavy (non-hydrogen) atoms. The molecule has 0 aromatic carbocycles. The minimum absolute atomic E-state index is 0.165. The van der Waals surface area contributed by atoms with Gasteiger partial charge >= 0.3 is 11.9 Å². The molecule has 1 heterocycles. The molecule has 1 aromatic rings. The van der Waals surface area contributed by atoms with Crippen LogP contribution in [0.3, 0.4) is 0 Å². The lowest BCUT2D eigenvalue weighted by atomic mass is 10.4. The van der Waals surface area contributed by atoms with Crippen molar-refractivity contribution in [3.63, 3.8) is 0 Å². The van der Waals surface area contributed by atoms with Gasteiger partial charge in [-0.1, -0.05) is 6.07 Å². The van der Waals surface area contributed by atoms with Crippen molar-refractivity contribution < 1.29 is 14.3 Å². The summed E-state index contributed by atoms with van der Waals surface area (Å²) in [5, 5.41) is 2.31. The summed E-state index contributed by atoms with van der Waals surface area (Å²) >= 11 is 3.14. The predicted molar refractivity (Wildman–Crippen MR) is 57.2 cm³/mol. The standard InChI is InChI=1S/C9H9BrN2O3/c1-2-15-9(14)8(13)12-7-5-3-4-6(10)11-7/h3-5H,2H2,1H3,(H,11,12,13). The summed E-state index contributed by atoms with van der Waals surface area (Å²) in [5.41, 5.74) is 0. The maximum Gasteiger partial charge on any atom is 0.397 e. The van der Waals surface area contributed by atoms with E-state index in [0.29, 0.717) is 10.4 Å². The molecule has 0 atom stereocenters. The summed E-state index contributed by atoms with van der Waals surface area (Å²) in [6, 6.07) is 4.97. The van der Waals surface area contributed by atoms with Crippen molar-refractivity contribution in [2.24, 2.45) is 0 Å². The zero-order valence-electron chi connectivity index (χ0n) is 7.99. The van der Waals surface area contributed by atoms with Crippen LogP contribution in [0, 0.1) is 0 Å². The van der Waals surface area contributed by atoms with Gasteiger partial charge < -0.3 is 10.1 Å². The van der Waals surface area contributed by atoms with Gasteiger partial charge in [-0.05, 0) is 35.0 Å². The van der Waals surface area contributed by atoms with Crippen LogP contribution in [0.4, 0.5) is 5.82 Å². The Labute approximate surface area is 95.0 Å². The van der Waals surface area contributed by atoms with Gasteiger partial charge in [0.25, 0.3) is 0 Å². The summed E-state index contributed by atoms with van der Waals surface area (Å²) < 4.78 is 5.09. The number of ether oxygens (including phenoxy) is 1. The molecule has 6 heteroatoms. The lowest BCUT2D eigenvalue weighted by molar-refractivity contribution is -0.152. The highest BCUT2D eigenvalue weighted by molar-refractivity contribution is 9.10. The van der Waals surface area contributed by atoms with Crippen LogP contribution >= 0.6 is 15.9 Å². The van der Waals surface area contributed by atoms with Gasteiger partial charge in [-0.25, -0.2) is 9.78 Å². The highest BCUT2D eigenvalue weighted by atomic mass is 79.9. The molecule has 0 unspecified atom stereocenters. The van der Waals surface area contributed by atoms with Crippen LogP contribution in [0.2, 0.25) is 0 Å². The van der Waals surface area contributed by atoms with Crippen LogP contribution in [0.5, 0.6) is 0 Å². The molecule has 0 bridgehead atoms. The van der Waals surface area contributed by atoms with Crippen molar-refractivity contribution in [1.82, 2.24) is 4.98 Å². The van der Waals surface area contributed by atoms with E-state index in [0.717, 1.165) is 0 Å². The molecule has 0 saturated carbocycles. The molecular formula is C9H9BrN2O3. The first-order valence-corrected chi connectivity index (χ1v) is 5.03. The number of rotatable bonds is 2. The third kappa shape index (κ3) is 3.67. The first-order chi connectivity index (χ1) is 7.13. The zero-order chi connectivity index (χ0) is 11.3. The molecule has 0 aliphatic heterocycles. The van der Waals surface area contributed by atoms with Crippen molar-refractivity contribution in [1.29, 1.82) is 0 Å². The number of amides is 1. The molecule has 0 aliphatic rings. The molecule has 1 amide bonds. The molecule has 0 aliphatic carbocycles.